The van der Waals surface area contributed by atoms with Crippen molar-refractivity contribution in [2.75, 3.05) is 6.54 Å². The number of aryl methyl sites for hydroxylation is 1. The van der Waals surface area contributed by atoms with Crippen molar-refractivity contribution in [1.29, 1.82) is 0 Å². The molecule has 1 fully saturated rings. The van der Waals surface area contributed by atoms with Crippen molar-refractivity contribution in [3.63, 3.8) is 0 Å². The van der Waals surface area contributed by atoms with E-state index in [-0.39, 0.29) is 17.4 Å². The zero-order chi connectivity index (χ0) is 16.8. The lowest BCUT2D eigenvalue weighted by atomic mass is 9.73. The second kappa shape index (κ2) is 5.51. The average molecular weight is 316 g/mol. The van der Waals surface area contributed by atoms with Gasteiger partial charge in [-0.15, -0.1) is 0 Å². The molecule has 1 N–H and O–H groups in total. The molecule has 1 aliphatic heterocycles. The van der Waals surface area contributed by atoms with Crippen molar-refractivity contribution in [2.24, 2.45) is 5.41 Å². The van der Waals surface area contributed by atoms with Gasteiger partial charge in [0.1, 0.15) is 0 Å². The molecule has 2 unspecified atom stereocenters. The van der Waals surface area contributed by atoms with Crippen LogP contribution in [0.4, 0.5) is 4.79 Å². The van der Waals surface area contributed by atoms with Crippen molar-refractivity contribution >= 4 is 11.7 Å². The summed E-state index contributed by atoms with van der Waals surface area (Å²) >= 11 is 0. The molecule has 0 saturated carbocycles. The lowest BCUT2D eigenvalue weighted by molar-refractivity contribution is 0.0442. The SMILES string of the molecule is Cc1cc2nccc(C3CCCN(C(=O)O)C3C(C)(C)C)n2n1. The van der Waals surface area contributed by atoms with Crippen LogP contribution in [0.5, 0.6) is 0 Å². The summed E-state index contributed by atoms with van der Waals surface area (Å²) in [6.07, 6.45) is 2.79. The summed E-state index contributed by atoms with van der Waals surface area (Å²) in [5.74, 6) is 0.115. The Morgan fingerprint density at radius 1 is 1.39 bits per heavy atom. The Morgan fingerprint density at radius 2 is 2.13 bits per heavy atom. The van der Waals surface area contributed by atoms with Gasteiger partial charge in [0, 0.05) is 30.8 Å². The number of piperidine rings is 1. The van der Waals surface area contributed by atoms with Crippen molar-refractivity contribution in [3.8, 4) is 0 Å². The lowest BCUT2D eigenvalue weighted by Gasteiger charge is -2.46. The molecular weight excluding hydrogens is 292 g/mol. The predicted octanol–water partition coefficient (Wildman–Crippen LogP) is 3.31. The minimum Gasteiger partial charge on any atom is -0.465 e. The van der Waals surface area contributed by atoms with Gasteiger partial charge in [0.15, 0.2) is 5.65 Å². The summed E-state index contributed by atoms with van der Waals surface area (Å²) in [5, 5.41) is 14.2. The summed E-state index contributed by atoms with van der Waals surface area (Å²) in [7, 11) is 0. The van der Waals surface area contributed by atoms with Crippen molar-refractivity contribution in [3.05, 3.63) is 29.7 Å². The molecular formula is C17H24N4O2. The Morgan fingerprint density at radius 3 is 2.78 bits per heavy atom. The summed E-state index contributed by atoms with van der Waals surface area (Å²) < 4.78 is 1.88. The molecule has 3 rings (SSSR count). The summed E-state index contributed by atoms with van der Waals surface area (Å²) in [6, 6.07) is 3.85. The molecule has 0 radical (unpaired) electrons. The third-order valence-corrected chi connectivity index (χ3v) is 4.65. The first-order chi connectivity index (χ1) is 10.8. The van der Waals surface area contributed by atoms with Gasteiger partial charge in [-0.05, 0) is 31.2 Å². The number of fused-ring (bicyclic) bond motifs is 1. The average Bonchev–Trinajstić information content (AvgIpc) is 2.85. The normalized spacial score (nSPS) is 22.5. The Bertz CT molecular complexity index is 732. The van der Waals surface area contributed by atoms with Gasteiger partial charge < -0.3 is 10.0 Å². The Kier molecular flexibility index (Phi) is 3.78. The number of likely N-dealkylation sites (tertiary alicyclic amines) is 1. The highest BCUT2D eigenvalue weighted by Crippen LogP contribution is 2.41. The quantitative estimate of drug-likeness (QED) is 0.876. The monoisotopic (exact) mass is 316 g/mol. The largest absolute Gasteiger partial charge is 0.465 e. The van der Waals surface area contributed by atoms with Gasteiger partial charge in [0.2, 0.25) is 0 Å². The number of nitrogens with zero attached hydrogens (tertiary/aromatic N) is 4. The Balaban J connectivity index is 2.12. The molecule has 2 atom stereocenters. The molecule has 124 valence electrons. The number of rotatable bonds is 1. The van der Waals surface area contributed by atoms with Crippen LogP contribution in [0.1, 0.15) is 50.9 Å². The first-order valence-electron chi connectivity index (χ1n) is 8.10. The smallest absolute Gasteiger partial charge is 0.407 e. The molecule has 6 heteroatoms. The fourth-order valence-corrected chi connectivity index (χ4v) is 3.90. The minimum absolute atomic E-state index is 0.0798. The molecule has 0 aromatic carbocycles. The third-order valence-electron chi connectivity index (χ3n) is 4.65. The van der Waals surface area contributed by atoms with Crippen LogP contribution in [-0.4, -0.2) is 43.3 Å². The summed E-state index contributed by atoms with van der Waals surface area (Å²) in [4.78, 5) is 17.7. The summed E-state index contributed by atoms with van der Waals surface area (Å²) in [6.45, 7) is 8.88. The van der Waals surface area contributed by atoms with E-state index in [1.165, 1.54) is 0 Å². The Hall–Kier alpha value is -2.11. The molecule has 1 amide bonds. The Labute approximate surface area is 136 Å². The van der Waals surface area contributed by atoms with Crippen LogP contribution < -0.4 is 0 Å². The van der Waals surface area contributed by atoms with Crippen LogP contribution in [0.3, 0.4) is 0 Å². The molecule has 0 aliphatic carbocycles. The fourth-order valence-electron chi connectivity index (χ4n) is 3.90. The number of amides is 1. The second-order valence-corrected chi connectivity index (χ2v) is 7.46. The van der Waals surface area contributed by atoms with Gasteiger partial charge in [-0.2, -0.15) is 5.10 Å². The highest BCUT2D eigenvalue weighted by atomic mass is 16.4. The van der Waals surface area contributed by atoms with E-state index in [1.807, 2.05) is 23.6 Å². The van der Waals surface area contributed by atoms with E-state index in [4.69, 9.17) is 0 Å². The summed E-state index contributed by atoms with van der Waals surface area (Å²) in [5.41, 5.74) is 2.64. The van der Waals surface area contributed by atoms with Crippen molar-refractivity contribution in [1.82, 2.24) is 19.5 Å². The number of carboxylic acid groups (broad SMARTS) is 1. The minimum atomic E-state index is -0.837. The maximum Gasteiger partial charge on any atom is 0.407 e. The molecule has 0 spiro atoms. The number of carbonyl (C=O) groups is 1. The predicted molar refractivity (Wildman–Crippen MR) is 87.7 cm³/mol. The van der Waals surface area contributed by atoms with Gasteiger partial charge in [-0.3, -0.25) is 0 Å². The lowest BCUT2D eigenvalue weighted by Crippen LogP contribution is -2.53. The van der Waals surface area contributed by atoms with Crippen LogP contribution in [0.2, 0.25) is 0 Å². The van der Waals surface area contributed by atoms with Gasteiger partial charge >= 0.3 is 6.09 Å². The topological polar surface area (TPSA) is 70.7 Å². The van der Waals surface area contributed by atoms with Gasteiger partial charge in [0.05, 0.1) is 11.4 Å². The fraction of sp³-hybridized carbons (Fsp3) is 0.588. The van der Waals surface area contributed by atoms with E-state index in [0.29, 0.717) is 6.54 Å². The van der Waals surface area contributed by atoms with Gasteiger partial charge in [-0.1, -0.05) is 20.8 Å². The van der Waals surface area contributed by atoms with Crippen LogP contribution in [0, 0.1) is 12.3 Å². The highest BCUT2D eigenvalue weighted by molar-refractivity contribution is 5.66. The van der Waals surface area contributed by atoms with E-state index in [1.54, 1.807) is 11.1 Å². The molecule has 1 aliphatic rings. The maximum absolute atomic E-state index is 11.7. The number of hydrogen-bond acceptors (Lipinski definition) is 3. The van der Waals surface area contributed by atoms with Crippen LogP contribution in [0.15, 0.2) is 18.3 Å². The molecule has 2 aromatic heterocycles. The maximum atomic E-state index is 11.7. The molecule has 0 bridgehead atoms. The van der Waals surface area contributed by atoms with E-state index in [0.717, 1.165) is 29.9 Å². The number of aromatic nitrogens is 3. The van der Waals surface area contributed by atoms with E-state index < -0.39 is 6.09 Å². The molecule has 3 heterocycles. The van der Waals surface area contributed by atoms with Crippen LogP contribution >= 0.6 is 0 Å². The van der Waals surface area contributed by atoms with Crippen LogP contribution in [0.25, 0.3) is 5.65 Å². The first kappa shape index (κ1) is 15.8. The van der Waals surface area contributed by atoms with Gasteiger partial charge in [-0.25, -0.2) is 14.3 Å². The first-order valence-corrected chi connectivity index (χ1v) is 8.10. The zero-order valence-corrected chi connectivity index (χ0v) is 14.2. The highest BCUT2D eigenvalue weighted by Gasteiger charge is 2.43. The molecule has 6 nitrogen and oxygen atoms in total. The third kappa shape index (κ3) is 2.78. The van der Waals surface area contributed by atoms with Gasteiger partial charge in [0.25, 0.3) is 0 Å². The van der Waals surface area contributed by atoms with E-state index in [9.17, 15) is 9.90 Å². The van der Waals surface area contributed by atoms with Crippen molar-refractivity contribution in [2.45, 2.75) is 52.5 Å². The molecule has 23 heavy (non-hydrogen) atoms. The van der Waals surface area contributed by atoms with E-state index in [2.05, 4.69) is 30.9 Å². The second-order valence-electron chi connectivity index (χ2n) is 7.46. The molecule has 1 saturated heterocycles. The van der Waals surface area contributed by atoms with E-state index >= 15 is 0 Å². The van der Waals surface area contributed by atoms with Crippen LogP contribution in [-0.2, 0) is 0 Å². The zero-order valence-electron chi connectivity index (χ0n) is 14.2. The standard InChI is InChI=1S/C17H24N4O2/c1-11-10-14-18-8-7-13(21(14)19-11)12-6-5-9-20(16(22)23)15(12)17(2,3)4/h7-8,10,12,15H,5-6,9H2,1-4H3,(H,22,23). The molecule has 2 aromatic rings. The van der Waals surface area contributed by atoms with Crippen molar-refractivity contribution < 1.29 is 9.90 Å². The number of hydrogen-bond donors (Lipinski definition) is 1.